The van der Waals surface area contributed by atoms with Gasteiger partial charge < -0.3 is 5.11 Å². The summed E-state index contributed by atoms with van der Waals surface area (Å²) in [4.78, 5) is 12.4. The molecule has 4 saturated carbocycles. The van der Waals surface area contributed by atoms with E-state index in [2.05, 4.69) is 36.4 Å². The molecule has 0 saturated heterocycles. The quantitative estimate of drug-likeness (QED) is 0.470. The maximum Gasteiger partial charge on any atom is 0.139 e. The molecule has 4 rings (SSSR count). The first kappa shape index (κ1) is 15.9. The van der Waals surface area contributed by atoms with Gasteiger partial charge in [-0.1, -0.05) is 36.4 Å². The lowest BCUT2D eigenvalue weighted by Crippen LogP contribution is -2.55. The first-order chi connectivity index (χ1) is 10.4. The third-order valence-electron chi connectivity index (χ3n) is 8.35. The first-order valence-electron chi connectivity index (χ1n) is 9.21. The second kappa shape index (κ2) is 5.18. The van der Waals surface area contributed by atoms with E-state index in [1.165, 1.54) is 25.7 Å². The van der Waals surface area contributed by atoms with Crippen LogP contribution in [-0.2, 0) is 4.79 Å². The minimum Gasteiger partial charge on any atom is -0.392 e. The van der Waals surface area contributed by atoms with Crippen LogP contribution in [0.2, 0.25) is 0 Å². The van der Waals surface area contributed by atoms with Crippen molar-refractivity contribution in [2.45, 2.75) is 75.2 Å². The summed E-state index contributed by atoms with van der Waals surface area (Å²) in [5, 5.41) is 10.3. The molecule has 4 aliphatic carbocycles. The Morgan fingerprint density at radius 1 is 1.14 bits per heavy atom. The average molecular weight is 416 g/mol. The minimum absolute atomic E-state index is 0.00225. The molecule has 0 aromatic heterocycles. The first-order valence-corrected chi connectivity index (χ1v) is 10.5. The van der Waals surface area contributed by atoms with Crippen molar-refractivity contribution in [1.82, 2.24) is 0 Å². The summed E-state index contributed by atoms with van der Waals surface area (Å²) in [7, 11) is 0. The number of alkyl halides is 1. The zero-order valence-electron chi connectivity index (χ0n) is 13.9. The molecule has 22 heavy (non-hydrogen) atoms. The second-order valence-electron chi connectivity index (χ2n) is 9.10. The monoisotopic (exact) mass is 416 g/mol. The molecule has 0 aromatic rings. The SMILES string of the molecule is C[C@]12C[C@H](I)[C@@H](O)C[C@@H]1CC[C@@H]1[C@@H]2CC[C@]2(C)C(=O)CC[C@@H]12. The Hall–Kier alpha value is 0.360. The standard InChI is InChI=1S/C19H29IO2/c1-18-8-7-14-12(13(18)5-6-17(18)22)4-3-11-9-16(21)15(20)10-19(11,14)2/h11-16,21H,3-10H2,1-2H3/t11-,12-,13-,14-,15-,16-,18-,19-/m0/s1. The number of fused-ring (bicyclic) bond motifs is 5. The van der Waals surface area contributed by atoms with E-state index in [0.717, 1.165) is 37.5 Å². The summed E-state index contributed by atoms with van der Waals surface area (Å²) in [5.74, 6) is 3.46. The van der Waals surface area contributed by atoms with E-state index in [4.69, 9.17) is 0 Å². The third kappa shape index (κ3) is 2.03. The highest BCUT2D eigenvalue weighted by molar-refractivity contribution is 14.1. The highest BCUT2D eigenvalue weighted by Gasteiger charge is 2.60. The highest BCUT2D eigenvalue weighted by atomic mass is 127. The van der Waals surface area contributed by atoms with Crippen molar-refractivity contribution in [3.05, 3.63) is 0 Å². The van der Waals surface area contributed by atoms with E-state index >= 15 is 0 Å². The fourth-order valence-corrected chi connectivity index (χ4v) is 8.25. The second-order valence-corrected chi connectivity index (χ2v) is 10.7. The molecule has 0 aliphatic heterocycles. The van der Waals surface area contributed by atoms with Crippen LogP contribution >= 0.6 is 22.6 Å². The largest absolute Gasteiger partial charge is 0.392 e. The van der Waals surface area contributed by atoms with E-state index < -0.39 is 0 Å². The van der Waals surface area contributed by atoms with Gasteiger partial charge in [0, 0.05) is 15.8 Å². The van der Waals surface area contributed by atoms with Gasteiger partial charge in [-0.25, -0.2) is 0 Å². The van der Waals surface area contributed by atoms with Crippen molar-refractivity contribution >= 4 is 28.4 Å². The van der Waals surface area contributed by atoms with Gasteiger partial charge in [-0.15, -0.1) is 0 Å². The number of ketones is 1. The number of Topliss-reactive ketones (excluding diaryl/α,β-unsaturated/α-hetero) is 1. The highest BCUT2D eigenvalue weighted by Crippen LogP contribution is 2.65. The zero-order valence-corrected chi connectivity index (χ0v) is 16.0. The van der Waals surface area contributed by atoms with E-state index in [-0.39, 0.29) is 11.5 Å². The van der Waals surface area contributed by atoms with Gasteiger partial charge in [0.05, 0.1) is 6.10 Å². The molecule has 4 fully saturated rings. The fourth-order valence-electron chi connectivity index (χ4n) is 7.01. The maximum absolute atomic E-state index is 12.4. The van der Waals surface area contributed by atoms with E-state index in [1.807, 2.05) is 0 Å². The van der Waals surface area contributed by atoms with Crippen LogP contribution in [0.15, 0.2) is 0 Å². The van der Waals surface area contributed by atoms with Crippen molar-refractivity contribution in [3.63, 3.8) is 0 Å². The molecule has 1 N–H and O–H groups in total. The van der Waals surface area contributed by atoms with E-state index in [1.54, 1.807) is 0 Å². The predicted octanol–water partition coefficient (Wildman–Crippen LogP) is 4.37. The molecule has 3 heteroatoms. The normalized spacial score (nSPS) is 57.9. The number of aliphatic hydroxyl groups is 1. The molecule has 0 amide bonds. The number of hydrogen-bond donors (Lipinski definition) is 1. The number of hydrogen-bond acceptors (Lipinski definition) is 2. The topological polar surface area (TPSA) is 37.3 Å². The Balaban J connectivity index is 1.65. The van der Waals surface area contributed by atoms with E-state index in [0.29, 0.717) is 27.0 Å². The summed E-state index contributed by atoms with van der Waals surface area (Å²) in [6.45, 7) is 4.79. The van der Waals surface area contributed by atoms with Crippen molar-refractivity contribution in [2.75, 3.05) is 0 Å². The van der Waals surface area contributed by atoms with Gasteiger partial charge in [-0.05, 0) is 74.0 Å². The lowest BCUT2D eigenvalue weighted by Gasteiger charge is -2.60. The van der Waals surface area contributed by atoms with Gasteiger partial charge in [0.15, 0.2) is 0 Å². The Morgan fingerprint density at radius 3 is 2.68 bits per heavy atom. The number of aliphatic hydroxyl groups excluding tert-OH is 1. The molecular weight excluding hydrogens is 387 g/mol. The van der Waals surface area contributed by atoms with Crippen LogP contribution in [0.5, 0.6) is 0 Å². The lowest BCUT2D eigenvalue weighted by molar-refractivity contribution is -0.141. The molecular formula is C19H29IO2. The van der Waals surface area contributed by atoms with Crippen molar-refractivity contribution in [2.24, 2.45) is 34.5 Å². The summed E-state index contributed by atoms with van der Waals surface area (Å²) in [5.41, 5.74) is 0.406. The molecule has 0 unspecified atom stereocenters. The van der Waals surface area contributed by atoms with Gasteiger partial charge in [0.1, 0.15) is 5.78 Å². The molecule has 0 aromatic carbocycles. The summed E-state index contributed by atoms with van der Waals surface area (Å²) >= 11 is 2.48. The van der Waals surface area contributed by atoms with Gasteiger partial charge in [0.2, 0.25) is 0 Å². The maximum atomic E-state index is 12.4. The predicted molar refractivity (Wildman–Crippen MR) is 95.9 cm³/mol. The zero-order chi connectivity index (χ0) is 15.7. The van der Waals surface area contributed by atoms with Gasteiger partial charge >= 0.3 is 0 Å². The summed E-state index contributed by atoms with van der Waals surface area (Å²) in [6, 6.07) is 0. The molecule has 0 spiro atoms. The number of halogens is 1. The number of carbonyl (C=O) groups excluding carboxylic acids is 1. The summed E-state index contributed by atoms with van der Waals surface area (Å²) in [6.07, 6.45) is 9.01. The van der Waals surface area contributed by atoms with Gasteiger partial charge in [-0.3, -0.25) is 4.79 Å². The number of rotatable bonds is 0. The smallest absolute Gasteiger partial charge is 0.139 e. The van der Waals surface area contributed by atoms with Crippen molar-refractivity contribution in [3.8, 4) is 0 Å². The summed E-state index contributed by atoms with van der Waals surface area (Å²) < 4.78 is 0.413. The van der Waals surface area contributed by atoms with Crippen LogP contribution in [0.25, 0.3) is 0 Å². The molecule has 0 radical (unpaired) electrons. The molecule has 8 atom stereocenters. The Bertz CT molecular complexity index is 492. The van der Waals surface area contributed by atoms with Crippen LogP contribution < -0.4 is 0 Å². The van der Waals surface area contributed by atoms with Crippen LogP contribution in [0, 0.1) is 34.5 Å². The fraction of sp³-hybridized carbons (Fsp3) is 0.947. The van der Waals surface area contributed by atoms with Gasteiger partial charge in [0.25, 0.3) is 0 Å². The molecule has 4 aliphatic rings. The lowest BCUT2D eigenvalue weighted by atomic mass is 9.45. The molecule has 2 nitrogen and oxygen atoms in total. The molecule has 0 bridgehead atoms. The Kier molecular flexibility index (Phi) is 3.73. The Morgan fingerprint density at radius 2 is 1.91 bits per heavy atom. The van der Waals surface area contributed by atoms with Gasteiger partial charge in [-0.2, -0.15) is 0 Å². The van der Waals surface area contributed by atoms with Crippen molar-refractivity contribution in [1.29, 1.82) is 0 Å². The minimum atomic E-state index is -0.0999. The third-order valence-corrected chi connectivity index (χ3v) is 9.62. The van der Waals surface area contributed by atoms with Crippen molar-refractivity contribution < 1.29 is 9.90 Å². The number of carbonyl (C=O) groups is 1. The van der Waals surface area contributed by atoms with Crippen LogP contribution in [-0.4, -0.2) is 20.9 Å². The van der Waals surface area contributed by atoms with E-state index in [9.17, 15) is 9.90 Å². The van der Waals surface area contributed by atoms with Crippen LogP contribution in [0.1, 0.15) is 65.2 Å². The Labute approximate surface area is 148 Å². The average Bonchev–Trinajstić information content (AvgIpc) is 2.77. The van der Waals surface area contributed by atoms with Crippen LogP contribution in [0.4, 0.5) is 0 Å². The van der Waals surface area contributed by atoms with Crippen LogP contribution in [0.3, 0.4) is 0 Å². The molecule has 0 heterocycles. The molecule has 124 valence electrons.